The molecule has 1 aromatic carbocycles. The van der Waals surface area contributed by atoms with Crippen molar-refractivity contribution >= 4 is 28.9 Å². The number of thiophene rings is 1. The van der Waals surface area contributed by atoms with Gasteiger partial charge >= 0.3 is 5.97 Å². The van der Waals surface area contributed by atoms with Crippen molar-refractivity contribution in [1.82, 2.24) is 5.01 Å². The van der Waals surface area contributed by atoms with Crippen molar-refractivity contribution in [1.29, 1.82) is 0 Å². The van der Waals surface area contributed by atoms with Crippen LogP contribution in [0.5, 0.6) is 5.75 Å². The van der Waals surface area contributed by atoms with E-state index in [4.69, 9.17) is 13.9 Å². The van der Waals surface area contributed by atoms with Gasteiger partial charge in [0.1, 0.15) is 17.6 Å². The SMILES string of the molecule is Cc1ccc(OCCCC(=O)OCC(=O)N2N=C(c3cccs3)CC2c2ccco2)cc1. The first-order valence-corrected chi connectivity index (χ1v) is 11.3. The first-order chi connectivity index (χ1) is 15.6. The van der Waals surface area contributed by atoms with Crippen molar-refractivity contribution in [2.75, 3.05) is 13.2 Å². The standard InChI is InChI=1S/C24H24N2O5S/c1-17-8-10-18(11-9-17)29-12-3-7-24(28)31-16-23(27)26-20(21-5-2-13-30-21)15-19(25-26)22-6-4-14-32-22/h2,4-6,8-11,13-14,20H,3,7,12,15-16H2,1H3. The molecule has 166 valence electrons. The number of amides is 1. The third kappa shape index (κ3) is 5.45. The van der Waals surface area contributed by atoms with Crippen molar-refractivity contribution in [3.8, 4) is 5.75 Å². The van der Waals surface area contributed by atoms with E-state index in [0.717, 1.165) is 21.9 Å². The van der Waals surface area contributed by atoms with Crippen LogP contribution >= 0.6 is 11.3 Å². The molecule has 4 rings (SSSR count). The molecule has 1 aliphatic rings. The van der Waals surface area contributed by atoms with E-state index in [-0.39, 0.29) is 25.0 Å². The Balaban J connectivity index is 1.27. The van der Waals surface area contributed by atoms with Crippen LogP contribution in [0.4, 0.5) is 0 Å². The number of aryl methyl sites for hydroxylation is 1. The summed E-state index contributed by atoms with van der Waals surface area (Å²) in [4.78, 5) is 25.9. The molecule has 3 heterocycles. The Morgan fingerprint density at radius 2 is 2.03 bits per heavy atom. The van der Waals surface area contributed by atoms with Gasteiger partial charge in [0.15, 0.2) is 6.61 Å². The van der Waals surface area contributed by atoms with E-state index in [9.17, 15) is 9.59 Å². The lowest BCUT2D eigenvalue weighted by molar-refractivity contribution is -0.153. The highest BCUT2D eigenvalue weighted by atomic mass is 32.1. The second kappa shape index (κ2) is 10.3. The molecule has 1 unspecified atom stereocenters. The first-order valence-electron chi connectivity index (χ1n) is 10.4. The molecule has 3 aromatic rings. The van der Waals surface area contributed by atoms with Crippen LogP contribution in [0.15, 0.2) is 69.7 Å². The largest absolute Gasteiger partial charge is 0.494 e. The summed E-state index contributed by atoms with van der Waals surface area (Å²) < 4.78 is 16.3. The second-order valence-corrected chi connectivity index (χ2v) is 8.37. The van der Waals surface area contributed by atoms with E-state index in [0.29, 0.717) is 25.2 Å². The summed E-state index contributed by atoms with van der Waals surface area (Å²) in [7, 11) is 0. The van der Waals surface area contributed by atoms with E-state index in [2.05, 4.69) is 5.10 Å². The molecule has 0 fully saturated rings. The van der Waals surface area contributed by atoms with Gasteiger partial charge in [0.25, 0.3) is 5.91 Å². The molecule has 0 bridgehead atoms. The molecule has 0 aliphatic carbocycles. The number of nitrogens with zero attached hydrogens (tertiary/aromatic N) is 2. The number of hydrogen-bond donors (Lipinski definition) is 0. The Kier molecular flexibility index (Phi) is 7.01. The highest BCUT2D eigenvalue weighted by Crippen LogP contribution is 2.34. The first kappa shape index (κ1) is 21.8. The van der Waals surface area contributed by atoms with Gasteiger partial charge in [-0.25, -0.2) is 5.01 Å². The third-order valence-corrected chi connectivity index (χ3v) is 5.93. The number of furan rings is 1. The maximum atomic E-state index is 12.8. The fourth-order valence-corrected chi connectivity index (χ4v) is 4.08. The summed E-state index contributed by atoms with van der Waals surface area (Å²) in [6.07, 6.45) is 2.79. The lowest BCUT2D eigenvalue weighted by atomic mass is 10.1. The van der Waals surface area contributed by atoms with E-state index >= 15 is 0 Å². The summed E-state index contributed by atoms with van der Waals surface area (Å²) in [6, 6.07) is 14.9. The summed E-state index contributed by atoms with van der Waals surface area (Å²) in [5.41, 5.74) is 1.97. The number of esters is 1. The molecular weight excluding hydrogens is 428 g/mol. The van der Waals surface area contributed by atoms with Gasteiger partial charge in [-0.2, -0.15) is 5.10 Å². The predicted molar refractivity (Wildman–Crippen MR) is 121 cm³/mol. The zero-order valence-corrected chi connectivity index (χ0v) is 18.5. The average molecular weight is 453 g/mol. The summed E-state index contributed by atoms with van der Waals surface area (Å²) in [6.45, 7) is 2.04. The zero-order valence-electron chi connectivity index (χ0n) is 17.7. The Morgan fingerprint density at radius 3 is 2.75 bits per heavy atom. The van der Waals surface area contributed by atoms with Crippen molar-refractivity contribution in [3.63, 3.8) is 0 Å². The minimum Gasteiger partial charge on any atom is -0.494 e. The minimum absolute atomic E-state index is 0.171. The number of benzene rings is 1. The van der Waals surface area contributed by atoms with Crippen LogP contribution in [0, 0.1) is 6.92 Å². The van der Waals surface area contributed by atoms with E-state index < -0.39 is 5.97 Å². The van der Waals surface area contributed by atoms with E-state index in [1.165, 1.54) is 5.01 Å². The fraction of sp³-hybridized carbons (Fsp3) is 0.292. The molecule has 0 N–H and O–H groups in total. The van der Waals surface area contributed by atoms with Crippen LogP contribution in [-0.2, 0) is 14.3 Å². The second-order valence-electron chi connectivity index (χ2n) is 7.42. The average Bonchev–Trinajstić information content (AvgIpc) is 3.56. The maximum absolute atomic E-state index is 12.8. The van der Waals surface area contributed by atoms with Crippen LogP contribution in [0.1, 0.15) is 41.5 Å². The molecule has 1 amide bonds. The van der Waals surface area contributed by atoms with Gasteiger partial charge in [0.05, 0.1) is 23.5 Å². The van der Waals surface area contributed by atoms with Gasteiger partial charge in [0.2, 0.25) is 0 Å². The summed E-state index contributed by atoms with van der Waals surface area (Å²) in [5.74, 6) is 0.578. The molecule has 2 aromatic heterocycles. The quantitative estimate of drug-likeness (QED) is 0.346. The van der Waals surface area contributed by atoms with Crippen LogP contribution in [0.2, 0.25) is 0 Å². The Bertz CT molecular complexity index is 1060. The normalized spacial score (nSPS) is 15.5. The van der Waals surface area contributed by atoms with Gasteiger partial charge in [0, 0.05) is 12.8 Å². The molecule has 7 nitrogen and oxygen atoms in total. The molecule has 8 heteroatoms. The number of rotatable bonds is 9. The van der Waals surface area contributed by atoms with Crippen LogP contribution in [0.25, 0.3) is 0 Å². The van der Waals surface area contributed by atoms with E-state index in [1.807, 2.05) is 54.8 Å². The molecule has 1 atom stereocenters. The number of carbonyl (C=O) groups is 2. The van der Waals surface area contributed by atoms with Crippen LogP contribution in [-0.4, -0.2) is 35.8 Å². The molecule has 0 radical (unpaired) electrons. The van der Waals surface area contributed by atoms with Gasteiger partial charge in [-0.15, -0.1) is 11.3 Å². The van der Waals surface area contributed by atoms with Gasteiger partial charge in [-0.3, -0.25) is 9.59 Å². The monoisotopic (exact) mass is 452 g/mol. The summed E-state index contributed by atoms with van der Waals surface area (Å²) in [5, 5.41) is 7.83. The van der Waals surface area contributed by atoms with Gasteiger partial charge in [-0.05, 0) is 49.1 Å². The maximum Gasteiger partial charge on any atom is 0.306 e. The molecule has 0 saturated carbocycles. The number of hydrogen-bond acceptors (Lipinski definition) is 7. The zero-order chi connectivity index (χ0) is 22.3. The number of hydrazone groups is 1. The lowest BCUT2D eigenvalue weighted by Gasteiger charge is -2.19. The number of carbonyl (C=O) groups excluding carboxylic acids is 2. The summed E-state index contributed by atoms with van der Waals surface area (Å²) >= 11 is 1.57. The van der Waals surface area contributed by atoms with Crippen molar-refractivity contribution < 1.29 is 23.5 Å². The van der Waals surface area contributed by atoms with E-state index in [1.54, 1.807) is 23.7 Å². The molecule has 0 spiro atoms. The minimum atomic E-state index is -0.443. The van der Waals surface area contributed by atoms with Crippen LogP contribution in [0.3, 0.4) is 0 Å². The fourth-order valence-electron chi connectivity index (χ4n) is 3.36. The topological polar surface area (TPSA) is 81.3 Å². The Hall–Kier alpha value is -3.39. The number of ether oxygens (including phenoxy) is 2. The molecule has 32 heavy (non-hydrogen) atoms. The smallest absolute Gasteiger partial charge is 0.306 e. The predicted octanol–water partition coefficient (Wildman–Crippen LogP) is 4.73. The van der Waals surface area contributed by atoms with Gasteiger partial charge < -0.3 is 13.9 Å². The van der Waals surface area contributed by atoms with Crippen molar-refractivity contribution in [2.45, 2.75) is 32.2 Å². The highest BCUT2D eigenvalue weighted by molar-refractivity contribution is 7.12. The van der Waals surface area contributed by atoms with Crippen molar-refractivity contribution in [2.24, 2.45) is 5.10 Å². The molecule has 0 saturated heterocycles. The Morgan fingerprint density at radius 1 is 1.19 bits per heavy atom. The molecular formula is C24H24N2O5S. The highest BCUT2D eigenvalue weighted by Gasteiger charge is 2.35. The van der Waals surface area contributed by atoms with Crippen LogP contribution < -0.4 is 4.74 Å². The lowest BCUT2D eigenvalue weighted by Crippen LogP contribution is -2.31. The Labute approximate surface area is 190 Å². The third-order valence-electron chi connectivity index (χ3n) is 5.01. The van der Waals surface area contributed by atoms with Crippen molar-refractivity contribution in [3.05, 3.63) is 76.4 Å². The molecule has 1 aliphatic heterocycles. The van der Waals surface area contributed by atoms with Gasteiger partial charge in [-0.1, -0.05) is 23.8 Å².